The summed E-state index contributed by atoms with van der Waals surface area (Å²) in [6.07, 6.45) is 0. The summed E-state index contributed by atoms with van der Waals surface area (Å²) < 4.78 is 0. The first-order valence-electron chi connectivity index (χ1n) is 4.69. The zero-order chi connectivity index (χ0) is 10.7. The van der Waals surface area contributed by atoms with E-state index in [9.17, 15) is 0 Å². The first-order chi connectivity index (χ1) is 6.57. The largest absolute Gasteiger partial charge is 0.395 e. The molecule has 0 aromatic heterocycles. The minimum atomic E-state index is 0.129. The summed E-state index contributed by atoms with van der Waals surface area (Å²) in [5, 5.41) is 12.7. The minimum Gasteiger partial charge on any atom is -0.395 e. The molecule has 1 rings (SSSR count). The molecule has 2 N–H and O–H groups in total. The van der Waals surface area contributed by atoms with Crippen LogP contribution >= 0.6 is 11.6 Å². The van der Waals surface area contributed by atoms with E-state index < -0.39 is 0 Å². The molecule has 3 heteroatoms. The van der Waals surface area contributed by atoms with Gasteiger partial charge in [0.1, 0.15) is 0 Å². The van der Waals surface area contributed by atoms with Crippen molar-refractivity contribution in [3.8, 4) is 0 Å². The molecule has 0 atom stereocenters. The molecule has 14 heavy (non-hydrogen) atoms. The Hall–Kier alpha value is -0.730. The Balaban J connectivity index is 3.09. The first kappa shape index (κ1) is 11.3. The van der Waals surface area contributed by atoms with Gasteiger partial charge in [-0.05, 0) is 37.5 Å². The van der Waals surface area contributed by atoms with Crippen molar-refractivity contribution in [2.75, 3.05) is 18.5 Å². The number of rotatable bonds is 3. The van der Waals surface area contributed by atoms with Gasteiger partial charge in [0, 0.05) is 17.3 Å². The van der Waals surface area contributed by atoms with Gasteiger partial charge in [-0.1, -0.05) is 17.7 Å². The van der Waals surface area contributed by atoms with E-state index in [-0.39, 0.29) is 6.61 Å². The number of aliphatic hydroxyl groups excluding tert-OH is 1. The molecule has 0 saturated carbocycles. The molecule has 0 aliphatic heterocycles. The molecule has 0 aliphatic carbocycles. The van der Waals surface area contributed by atoms with E-state index in [1.165, 1.54) is 0 Å². The summed E-state index contributed by atoms with van der Waals surface area (Å²) >= 11 is 6.13. The molecule has 0 unspecified atom stereocenters. The van der Waals surface area contributed by atoms with Crippen LogP contribution in [0.2, 0.25) is 5.02 Å². The lowest BCUT2D eigenvalue weighted by atomic mass is 10.0. The maximum absolute atomic E-state index is 8.74. The molecule has 1 aromatic carbocycles. The average Bonchev–Trinajstić information content (AvgIpc) is 2.14. The Bertz CT molecular complexity index is 337. The minimum absolute atomic E-state index is 0.129. The standard InChI is InChI=1S/C11H16ClNO/c1-7-6-8(2)11(13-4-5-14)9(3)10(7)12/h6,13-14H,4-5H2,1-3H3. The number of anilines is 1. The average molecular weight is 214 g/mol. The van der Waals surface area contributed by atoms with E-state index >= 15 is 0 Å². The van der Waals surface area contributed by atoms with Crippen LogP contribution in [0.4, 0.5) is 5.69 Å². The molecule has 2 nitrogen and oxygen atoms in total. The van der Waals surface area contributed by atoms with Gasteiger partial charge in [0.2, 0.25) is 0 Å². The summed E-state index contributed by atoms with van der Waals surface area (Å²) in [5.74, 6) is 0. The van der Waals surface area contributed by atoms with Gasteiger partial charge < -0.3 is 10.4 Å². The predicted octanol–water partition coefficient (Wildman–Crippen LogP) is 2.67. The van der Waals surface area contributed by atoms with Crippen molar-refractivity contribution in [3.63, 3.8) is 0 Å². The molecule has 0 saturated heterocycles. The van der Waals surface area contributed by atoms with Crippen LogP contribution in [0, 0.1) is 20.8 Å². The Morgan fingerprint density at radius 3 is 2.50 bits per heavy atom. The van der Waals surface area contributed by atoms with Crippen LogP contribution in [0.3, 0.4) is 0 Å². The van der Waals surface area contributed by atoms with Crippen molar-refractivity contribution in [2.24, 2.45) is 0 Å². The zero-order valence-corrected chi connectivity index (χ0v) is 9.57. The molecule has 0 fully saturated rings. The van der Waals surface area contributed by atoms with E-state index in [0.717, 1.165) is 27.4 Å². The maximum atomic E-state index is 8.74. The van der Waals surface area contributed by atoms with Crippen LogP contribution in [0.1, 0.15) is 16.7 Å². The van der Waals surface area contributed by atoms with Crippen molar-refractivity contribution in [1.82, 2.24) is 0 Å². The van der Waals surface area contributed by atoms with Gasteiger partial charge in [-0.15, -0.1) is 0 Å². The van der Waals surface area contributed by atoms with Gasteiger partial charge in [-0.25, -0.2) is 0 Å². The van der Waals surface area contributed by atoms with Crippen LogP contribution < -0.4 is 5.32 Å². The van der Waals surface area contributed by atoms with Gasteiger partial charge >= 0.3 is 0 Å². The monoisotopic (exact) mass is 213 g/mol. The van der Waals surface area contributed by atoms with Crippen molar-refractivity contribution in [3.05, 3.63) is 27.8 Å². The number of hydrogen-bond donors (Lipinski definition) is 2. The van der Waals surface area contributed by atoms with Crippen LogP contribution in [0.5, 0.6) is 0 Å². The van der Waals surface area contributed by atoms with E-state index in [1.54, 1.807) is 0 Å². The van der Waals surface area contributed by atoms with Gasteiger partial charge in [0.05, 0.1) is 6.61 Å². The molecule has 0 aliphatic rings. The Kier molecular flexibility index (Phi) is 3.78. The molecule has 1 aromatic rings. The van der Waals surface area contributed by atoms with Gasteiger partial charge in [-0.2, -0.15) is 0 Å². The summed E-state index contributed by atoms with van der Waals surface area (Å²) in [5.41, 5.74) is 4.35. The van der Waals surface area contributed by atoms with Crippen LogP contribution in [-0.4, -0.2) is 18.3 Å². The van der Waals surface area contributed by atoms with E-state index in [0.29, 0.717) is 6.54 Å². The number of aliphatic hydroxyl groups is 1. The lowest BCUT2D eigenvalue weighted by molar-refractivity contribution is 0.311. The number of benzene rings is 1. The smallest absolute Gasteiger partial charge is 0.0604 e. The summed E-state index contributed by atoms with van der Waals surface area (Å²) in [4.78, 5) is 0. The van der Waals surface area contributed by atoms with Crippen molar-refractivity contribution in [2.45, 2.75) is 20.8 Å². The molecular formula is C11H16ClNO. The maximum Gasteiger partial charge on any atom is 0.0604 e. The van der Waals surface area contributed by atoms with Crippen molar-refractivity contribution >= 4 is 17.3 Å². The third-order valence-electron chi connectivity index (χ3n) is 2.29. The predicted molar refractivity (Wildman–Crippen MR) is 61.2 cm³/mol. The fraction of sp³-hybridized carbons (Fsp3) is 0.455. The Labute approximate surface area is 89.9 Å². The normalized spacial score (nSPS) is 10.4. The van der Waals surface area contributed by atoms with Crippen molar-refractivity contribution < 1.29 is 5.11 Å². The first-order valence-corrected chi connectivity index (χ1v) is 5.06. The SMILES string of the molecule is Cc1cc(C)c(NCCO)c(C)c1Cl. The molecule has 0 spiro atoms. The topological polar surface area (TPSA) is 32.3 Å². The van der Waals surface area contributed by atoms with Gasteiger partial charge in [0.25, 0.3) is 0 Å². The summed E-state index contributed by atoms with van der Waals surface area (Å²) in [6, 6.07) is 2.05. The second kappa shape index (κ2) is 4.67. The number of nitrogens with one attached hydrogen (secondary N) is 1. The van der Waals surface area contributed by atoms with E-state index in [4.69, 9.17) is 16.7 Å². The molecular weight excluding hydrogens is 198 g/mol. The quantitative estimate of drug-likeness (QED) is 0.809. The molecule has 0 amide bonds. The second-order valence-corrected chi connectivity index (χ2v) is 3.85. The third kappa shape index (κ3) is 2.20. The highest BCUT2D eigenvalue weighted by molar-refractivity contribution is 6.32. The van der Waals surface area contributed by atoms with Crippen molar-refractivity contribution in [1.29, 1.82) is 0 Å². The molecule has 78 valence electrons. The van der Waals surface area contributed by atoms with E-state index in [2.05, 4.69) is 11.4 Å². The fourth-order valence-electron chi connectivity index (χ4n) is 1.61. The van der Waals surface area contributed by atoms with E-state index in [1.807, 2.05) is 20.8 Å². The molecule has 0 radical (unpaired) electrons. The summed E-state index contributed by atoms with van der Waals surface area (Å²) in [6.45, 7) is 6.71. The lowest BCUT2D eigenvalue weighted by Gasteiger charge is -2.14. The molecule has 0 heterocycles. The lowest BCUT2D eigenvalue weighted by Crippen LogP contribution is -2.08. The second-order valence-electron chi connectivity index (χ2n) is 3.47. The highest BCUT2D eigenvalue weighted by Crippen LogP contribution is 2.30. The van der Waals surface area contributed by atoms with Crippen LogP contribution in [0.25, 0.3) is 0 Å². The van der Waals surface area contributed by atoms with Crippen LogP contribution in [-0.2, 0) is 0 Å². The number of halogens is 1. The summed E-state index contributed by atoms with van der Waals surface area (Å²) in [7, 11) is 0. The highest BCUT2D eigenvalue weighted by Gasteiger charge is 2.08. The fourth-order valence-corrected chi connectivity index (χ4v) is 1.76. The van der Waals surface area contributed by atoms with Gasteiger partial charge in [0.15, 0.2) is 0 Å². The number of hydrogen-bond acceptors (Lipinski definition) is 2. The number of aryl methyl sites for hydroxylation is 2. The highest BCUT2D eigenvalue weighted by atomic mass is 35.5. The van der Waals surface area contributed by atoms with Crippen LogP contribution in [0.15, 0.2) is 6.07 Å². The zero-order valence-electron chi connectivity index (χ0n) is 8.82. The third-order valence-corrected chi connectivity index (χ3v) is 2.87. The Morgan fingerprint density at radius 2 is 1.93 bits per heavy atom. The molecule has 0 bridgehead atoms. The van der Waals surface area contributed by atoms with Gasteiger partial charge in [-0.3, -0.25) is 0 Å². The Morgan fingerprint density at radius 1 is 1.29 bits per heavy atom.